The van der Waals surface area contributed by atoms with E-state index < -0.39 is 11.9 Å². The van der Waals surface area contributed by atoms with Gasteiger partial charge in [0.05, 0.1) is 17.5 Å². The molecule has 3 N–H and O–H groups in total. The molecule has 0 aromatic heterocycles. The molecule has 0 bridgehead atoms. The number of hydrogen-bond acceptors (Lipinski definition) is 3. The minimum absolute atomic E-state index is 0.348. The normalized spacial score (nSPS) is 12.2. The number of halogens is 1. The highest BCUT2D eigenvalue weighted by molar-refractivity contribution is 9.10. The van der Waals surface area contributed by atoms with E-state index in [-0.39, 0.29) is 0 Å². The molecule has 4 nitrogen and oxygen atoms in total. The summed E-state index contributed by atoms with van der Waals surface area (Å²) in [7, 11) is 1.56. The zero-order valence-electron chi connectivity index (χ0n) is 8.94. The Morgan fingerprint density at radius 3 is 2.75 bits per heavy atom. The summed E-state index contributed by atoms with van der Waals surface area (Å²) >= 11 is 3.33. The molecule has 5 heteroatoms. The van der Waals surface area contributed by atoms with Crippen LogP contribution in [0.1, 0.15) is 17.9 Å². The van der Waals surface area contributed by atoms with Crippen LogP contribution in [0.4, 0.5) is 0 Å². The number of rotatable bonds is 5. The third-order valence-corrected chi connectivity index (χ3v) is 2.95. The second kappa shape index (κ2) is 5.86. The lowest BCUT2D eigenvalue weighted by molar-refractivity contribution is -0.138. The first kappa shape index (κ1) is 13.0. The molecule has 0 aliphatic rings. The fourth-order valence-corrected chi connectivity index (χ4v) is 2.06. The van der Waals surface area contributed by atoms with Gasteiger partial charge in [0.25, 0.3) is 0 Å². The summed E-state index contributed by atoms with van der Waals surface area (Å²) < 4.78 is 5.83. The van der Waals surface area contributed by atoms with Crippen LogP contribution in [0.2, 0.25) is 0 Å². The molecule has 0 saturated heterocycles. The highest BCUT2D eigenvalue weighted by atomic mass is 79.9. The van der Waals surface area contributed by atoms with Gasteiger partial charge in [0.1, 0.15) is 5.75 Å². The van der Waals surface area contributed by atoms with Crippen LogP contribution < -0.4 is 10.5 Å². The first-order valence-corrected chi connectivity index (χ1v) is 5.65. The second-order valence-corrected chi connectivity index (χ2v) is 4.22. The third kappa shape index (κ3) is 2.96. The fraction of sp³-hybridized carbons (Fsp3) is 0.364. The third-order valence-electron chi connectivity index (χ3n) is 2.33. The Hall–Kier alpha value is -1.07. The molecule has 1 rings (SSSR count). The van der Waals surface area contributed by atoms with E-state index in [1.807, 2.05) is 0 Å². The molecule has 1 aromatic rings. The second-order valence-electron chi connectivity index (χ2n) is 3.36. The van der Waals surface area contributed by atoms with E-state index in [1.165, 1.54) is 0 Å². The lowest BCUT2D eigenvalue weighted by atomic mass is 9.96. The lowest BCUT2D eigenvalue weighted by Crippen LogP contribution is -2.16. The van der Waals surface area contributed by atoms with E-state index in [1.54, 1.807) is 25.3 Å². The van der Waals surface area contributed by atoms with E-state index >= 15 is 0 Å². The maximum atomic E-state index is 11.1. The van der Waals surface area contributed by atoms with Crippen molar-refractivity contribution in [3.8, 4) is 5.75 Å². The van der Waals surface area contributed by atoms with Crippen molar-refractivity contribution in [3.05, 3.63) is 28.2 Å². The van der Waals surface area contributed by atoms with E-state index in [2.05, 4.69) is 15.9 Å². The number of hydrogen-bond donors (Lipinski definition) is 2. The van der Waals surface area contributed by atoms with Crippen molar-refractivity contribution in [1.82, 2.24) is 0 Å². The van der Waals surface area contributed by atoms with Crippen LogP contribution in [0.15, 0.2) is 22.7 Å². The monoisotopic (exact) mass is 287 g/mol. The Morgan fingerprint density at radius 1 is 1.62 bits per heavy atom. The van der Waals surface area contributed by atoms with Crippen molar-refractivity contribution >= 4 is 21.9 Å². The van der Waals surface area contributed by atoms with Gasteiger partial charge in [-0.25, -0.2) is 0 Å². The lowest BCUT2D eigenvalue weighted by Gasteiger charge is -2.13. The van der Waals surface area contributed by atoms with Gasteiger partial charge >= 0.3 is 5.97 Å². The molecular weight excluding hydrogens is 274 g/mol. The highest BCUT2D eigenvalue weighted by Crippen LogP contribution is 2.29. The number of ether oxygens (including phenoxy) is 1. The van der Waals surface area contributed by atoms with Gasteiger partial charge in [-0.05, 0) is 46.6 Å². The standard InChI is InChI=1S/C11H14BrNO3/c1-16-10-3-2-7(6-9(10)12)8(4-5-13)11(14)15/h2-3,6,8H,4-5,13H2,1H3,(H,14,15). The largest absolute Gasteiger partial charge is 0.496 e. The van der Waals surface area contributed by atoms with Crippen LogP contribution in [0.3, 0.4) is 0 Å². The number of carboxylic acids is 1. The average molecular weight is 288 g/mol. The smallest absolute Gasteiger partial charge is 0.311 e. The summed E-state index contributed by atoms with van der Waals surface area (Å²) in [6.07, 6.45) is 0.425. The van der Waals surface area contributed by atoms with Crippen LogP contribution in [0.5, 0.6) is 5.75 Å². The SMILES string of the molecule is COc1ccc(C(CCN)C(=O)O)cc1Br. The zero-order valence-corrected chi connectivity index (χ0v) is 10.5. The van der Waals surface area contributed by atoms with Crippen molar-refractivity contribution < 1.29 is 14.6 Å². The van der Waals surface area contributed by atoms with Gasteiger partial charge in [-0.1, -0.05) is 6.07 Å². The number of methoxy groups -OCH3 is 1. The Kier molecular flexibility index (Phi) is 4.76. The quantitative estimate of drug-likeness (QED) is 0.869. The van der Waals surface area contributed by atoms with Crippen LogP contribution in [-0.4, -0.2) is 24.7 Å². The molecule has 16 heavy (non-hydrogen) atoms. The molecule has 88 valence electrons. The summed E-state index contributed by atoms with van der Waals surface area (Å²) in [4.78, 5) is 11.1. The molecule has 1 atom stereocenters. The molecule has 1 unspecified atom stereocenters. The van der Waals surface area contributed by atoms with Crippen LogP contribution in [-0.2, 0) is 4.79 Å². The van der Waals surface area contributed by atoms with Crippen LogP contribution in [0, 0.1) is 0 Å². The van der Waals surface area contributed by atoms with Gasteiger partial charge in [-0.15, -0.1) is 0 Å². The van der Waals surface area contributed by atoms with Crippen LogP contribution in [0.25, 0.3) is 0 Å². The number of carboxylic acid groups (broad SMARTS) is 1. The van der Waals surface area contributed by atoms with E-state index in [4.69, 9.17) is 15.6 Å². The predicted octanol–water partition coefficient (Wildman–Crippen LogP) is 1.97. The molecule has 0 aliphatic heterocycles. The van der Waals surface area contributed by atoms with Crippen molar-refractivity contribution in [3.63, 3.8) is 0 Å². The summed E-state index contributed by atoms with van der Waals surface area (Å²) in [5.41, 5.74) is 6.13. The van der Waals surface area contributed by atoms with E-state index in [9.17, 15) is 4.79 Å². The Balaban J connectivity index is 3.01. The topological polar surface area (TPSA) is 72.5 Å². The number of benzene rings is 1. The minimum Gasteiger partial charge on any atom is -0.496 e. The first-order valence-electron chi connectivity index (χ1n) is 4.86. The Bertz CT molecular complexity index is 381. The molecule has 0 fully saturated rings. The minimum atomic E-state index is -0.859. The van der Waals surface area contributed by atoms with Gasteiger partial charge in [-0.3, -0.25) is 4.79 Å². The number of carbonyl (C=O) groups is 1. The summed E-state index contributed by atoms with van der Waals surface area (Å²) in [6.45, 7) is 0.348. The Labute approximate surface area is 103 Å². The van der Waals surface area contributed by atoms with Crippen molar-refractivity contribution in [1.29, 1.82) is 0 Å². The average Bonchev–Trinajstić information content (AvgIpc) is 2.25. The van der Waals surface area contributed by atoms with Gasteiger partial charge in [0.15, 0.2) is 0 Å². The van der Waals surface area contributed by atoms with E-state index in [0.29, 0.717) is 18.7 Å². The zero-order chi connectivity index (χ0) is 12.1. The molecule has 0 amide bonds. The highest BCUT2D eigenvalue weighted by Gasteiger charge is 2.19. The van der Waals surface area contributed by atoms with Gasteiger partial charge in [-0.2, -0.15) is 0 Å². The number of aliphatic carboxylic acids is 1. The maximum absolute atomic E-state index is 11.1. The Morgan fingerprint density at radius 2 is 2.31 bits per heavy atom. The summed E-state index contributed by atoms with van der Waals surface area (Å²) in [5.74, 6) is -0.740. The first-order chi connectivity index (χ1) is 7.60. The molecule has 0 aliphatic carbocycles. The van der Waals surface area contributed by atoms with Gasteiger partial charge in [0, 0.05) is 0 Å². The molecule has 0 heterocycles. The van der Waals surface area contributed by atoms with Crippen LogP contribution >= 0.6 is 15.9 Å². The predicted molar refractivity (Wildman–Crippen MR) is 64.7 cm³/mol. The molecule has 0 spiro atoms. The molecule has 0 saturated carbocycles. The van der Waals surface area contributed by atoms with Crippen molar-refractivity contribution in [2.75, 3.05) is 13.7 Å². The summed E-state index contributed by atoms with van der Waals surface area (Å²) in [6, 6.07) is 5.25. The summed E-state index contributed by atoms with van der Waals surface area (Å²) in [5, 5.41) is 9.07. The molecular formula is C11H14BrNO3. The fourth-order valence-electron chi connectivity index (χ4n) is 1.50. The van der Waals surface area contributed by atoms with Gasteiger partial charge in [0.2, 0.25) is 0 Å². The number of nitrogens with two attached hydrogens (primary N) is 1. The molecule has 0 radical (unpaired) electrons. The van der Waals surface area contributed by atoms with Crippen molar-refractivity contribution in [2.24, 2.45) is 5.73 Å². The van der Waals surface area contributed by atoms with E-state index in [0.717, 1.165) is 10.0 Å². The van der Waals surface area contributed by atoms with Crippen molar-refractivity contribution in [2.45, 2.75) is 12.3 Å². The maximum Gasteiger partial charge on any atom is 0.311 e. The van der Waals surface area contributed by atoms with Gasteiger partial charge < -0.3 is 15.6 Å². The molecule has 1 aromatic carbocycles.